The largest absolute Gasteiger partial charge is 0.383 e. The molecule has 0 bridgehead atoms. The molecule has 41 heavy (non-hydrogen) atoms. The second-order valence-corrected chi connectivity index (χ2v) is 12.5. The molecule has 0 aliphatic heterocycles. The Morgan fingerprint density at radius 3 is 2.63 bits per heavy atom. The molecule has 5 rings (SSSR count). The van der Waals surface area contributed by atoms with E-state index in [0.717, 1.165) is 24.2 Å². The molecule has 1 unspecified atom stereocenters. The molecule has 0 spiro atoms. The van der Waals surface area contributed by atoms with Crippen LogP contribution in [0.4, 0.5) is 11.4 Å². The number of nitrogens with one attached hydrogen (secondary N) is 3. The van der Waals surface area contributed by atoms with Crippen LogP contribution in [0, 0.1) is 33.5 Å². The zero-order valence-electron chi connectivity index (χ0n) is 24.1. The molecule has 0 saturated heterocycles. The molecule has 1 aromatic carbocycles. The van der Waals surface area contributed by atoms with Crippen LogP contribution in [0.3, 0.4) is 0 Å². The summed E-state index contributed by atoms with van der Waals surface area (Å²) in [5, 5.41) is 39.7. The number of aromatic nitrogens is 4. The van der Waals surface area contributed by atoms with E-state index in [0.29, 0.717) is 52.4 Å². The molecule has 210 valence electrons. The van der Waals surface area contributed by atoms with Gasteiger partial charge in [0.25, 0.3) is 0 Å². The average molecular weight is 550 g/mol. The van der Waals surface area contributed by atoms with E-state index in [1.54, 1.807) is 6.07 Å². The third-order valence-electron chi connectivity index (χ3n) is 7.41. The molecule has 2 aliphatic rings. The second kappa shape index (κ2) is 10.7. The summed E-state index contributed by atoms with van der Waals surface area (Å²) in [7, 11) is 0. The molecular weight excluding hydrogens is 514 g/mol. The van der Waals surface area contributed by atoms with Gasteiger partial charge >= 0.3 is 0 Å². The fourth-order valence-electron chi connectivity index (χ4n) is 5.21. The third kappa shape index (κ3) is 6.07. The van der Waals surface area contributed by atoms with Crippen molar-refractivity contribution in [2.24, 2.45) is 10.8 Å². The number of pyridine rings is 1. The van der Waals surface area contributed by atoms with E-state index < -0.39 is 5.41 Å². The number of amides is 1. The quantitative estimate of drug-likeness (QED) is 0.334. The summed E-state index contributed by atoms with van der Waals surface area (Å²) in [4.78, 5) is 16.3. The van der Waals surface area contributed by atoms with Gasteiger partial charge in [0.15, 0.2) is 0 Å². The number of hydrogen-bond acceptors (Lipinski definition) is 8. The normalized spacial score (nSPS) is 19.1. The number of carbonyl (C=O) groups excluding carboxylic acids is 1. The Morgan fingerprint density at radius 1 is 1.22 bits per heavy atom. The summed E-state index contributed by atoms with van der Waals surface area (Å²) >= 11 is 0. The first-order chi connectivity index (χ1) is 19.5. The van der Waals surface area contributed by atoms with Crippen molar-refractivity contribution in [2.75, 3.05) is 17.2 Å². The van der Waals surface area contributed by atoms with E-state index in [1.165, 1.54) is 13.1 Å². The van der Waals surface area contributed by atoms with Gasteiger partial charge in [0.2, 0.25) is 5.91 Å². The molecule has 3 aromatic rings. The Morgan fingerprint density at radius 2 is 1.98 bits per heavy atom. The molecule has 2 atom stereocenters. The van der Waals surface area contributed by atoms with Gasteiger partial charge in [-0.3, -0.25) is 9.78 Å². The minimum absolute atomic E-state index is 0.0320. The highest BCUT2D eigenvalue weighted by atomic mass is 16.1. The number of anilines is 2. The van der Waals surface area contributed by atoms with Gasteiger partial charge in [0, 0.05) is 41.9 Å². The van der Waals surface area contributed by atoms with E-state index in [-0.39, 0.29) is 17.4 Å². The molecule has 2 heterocycles. The number of carbonyl (C=O) groups is 1. The van der Waals surface area contributed by atoms with Gasteiger partial charge in [-0.15, -0.1) is 5.10 Å². The standard InChI is InChI=1S/C31H35N9O/c1-19(41)36-22-7-6-10-31(5,13-22)29(26-17-40(39-38-26)24-8-9-24)37-23-11-20(14-32)27-25(12-23)28(21(15-33)16-34-27)35-18-30(2,3)4/h6-7,10-12,16-17,24,29,37H,8-9,13,18H2,1-5H3,(H,34,35)(H,36,41)/t29-,31?/m1/s1. The number of allylic oxidation sites excluding steroid dienone is 3. The molecule has 3 N–H and O–H groups in total. The van der Waals surface area contributed by atoms with Crippen molar-refractivity contribution < 1.29 is 4.79 Å². The summed E-state index contributed by atoms with van der Waals surface area (Å²) < 4.78 is 1.92. The minimum Gasteiger partial charge on any atom is -0.383 e. The number of rotatable bonds is 8. The second-order valence-electron chi connectivity index (χ2n) is 12.5. The van der Waals surface area contributed by atoms with Crippen LogP contribution in [0.25, 0.3) is 10.9 Å². The van der Waals surface area contributed by atoms with Crippen LogP contribution >= 0.6 is 0 Å². The molecule has 2 aromatic heterocycles. The van der Waals surface area contributed by atoms with Crippen molar-refractivity contribution in [3.05, 3.63) is 65.3 Å². The Balaban J connectivity index is 1.60. The molecule has 1 fully saturated rings. The first-order valence-electron chi connectivity index (χ1n) is 13.8. The molecule has 10 nitrogen and oxygen atoms in total. The van der Waals surface area contributed by atoms with Crippen LogP contribution in [-0.4, -0.2) is 32.4 Å². The lowest BCUT2D eigenvalue weighted by atomic mass is 9.74. The lowest BCUT2D eigenvalue weighted by Gasteiger charge is -2.37. The number of nitrogens with zero attached hydrogens (tertiary/aromatic N) is 6. The summed E-state index contributed by atoms with van der Waals surface area (Å²) in [6, 6.07) is 8.29. The van der Waals surface area contributed by atoms with E-state index in [2.05, 4.69) is 77.2 Å². The summed E-state index contributed by atoms with van der Waals surface area (Å²) in [5.74, 6) is -0.123. The Kier molecular flexibility index (Phi) is 7.27. The van der Waals surface area contributed by atoms with Gasteiger partial charge in [-0.05, 0) is 42.9 Å². The highest BCUT2D eigenvalue weighted by Gasteiger charge is 2.38. The smallest absolute Gasteiger partial charge is 0.220 e. The molecular formula is C31H35N9O. The first-order valence-corrected chi connectivity index (χ1v) is 13.8. The average Bonchev–Trinajstić information content (AvgIpc) is 3.65. The van der Waals surface area contributed by atoms with E-state index in [9.17, 15) is 15.3 Å². The SMILES string of the molecule is CC(=O)NC1=CC=CC(C)([C@H](Nc2cc(C#N)c3ncc(C#N)c(NCC(C)(C)C)c3c2)c2cn(C3CC3)nn2)C1. The zero-order valence-corrected chi connectivity index (χ0v) is 24.1. The first kappa shape index (κ1) is 27.9. The van der Waals surface area contributed by atoms with Crippen molar-refractivity contribution in [2.45, 2.75) is 66.0 Å². The van der Waals surface area contributed by atoms with Crippen LogP contribution in [0.5, 0.6) is 0 Å². The number of fused-ring (bicyclic) bond motifs is 1. The third-order valence-corrected chi connectivity index (χ3v) is 7.41. The van der Waals surface area contributed by atoms with Gasteiger partial charge in [0.05, 0.1) is 40.6 Å². The Hall–Kier alpha value is -4.70. The number of hydrogen-bond donors (Lipinski definition) is 3. The lowest BCUT2D eigenvalue weighted by molar-refractivity contribution is -0.118. The van der Waals surface area contributed by atoms with Crippen molar-refractivity contribution in [1.82, 2.24) is 25.3 Å². The predicted molar refractivity (Wildman–Crippen MR) is 158 cm³/mol. The molecule has 10 heteroatoms. The van der Waals surface area contributed by atoms with E-state index in [4.69, 9.17) is 0 Å². The maximum Gasteiger partial charge on any atom is 0.220 e. The van der Waals surface area contributed by atoms with Crippen LogP contribution in [0.2, 0.25) is 0 Å². The molecule has 0 radical (unpaired) electrons. The molecule has 1 saturated carbocycles. The molecule has 1 amide bonds. The zero-order chi connectivity index (χ0) is 29.4. The lowest BCUT2D eigenvalue weighted by Crippen LogP contribution is -2.34. The van der Waals surface area contributed by atoms with Crippen molar-refractivity contribution >= 4 is 28.2 Å². The van der Waals surface area contributed by atoms with Gasteiger partial charge in [0.1, 0.15) is 17.8 Å². The van der Waals surface area contributed by atoms with Crippen molar-refractivity contribution in [3.8, 4) is 12.1 Å². The maximum atomic E-state index is 11.9. The van der Waals surface area contributed by atoms with Crippen LogP contribution in [-0.2, 0) is 4.79 Å². The molecule has 2 aliphatic carbocycles. The highest BCUT2D eigenvalue weighted by molar-refractivity contribution is 5.99. The van der Waals surface area contributed by atoms with Gasteiger partial charge in [-0.2, -0.15) is 10.5 Å². The fourth-order valence-corrected chi connectivity index (χ4v) is 5.21. The maximum absolute atomic E-state index is 11.9. The van der Waals surface area contributed by atoms with Crippen LogP contribution in [0.1, 0.15) is 82.8 Å². The highest BCUT2D eigenvalue weighted by Crippen LogP contribution is 2.45. The fraction of sp³-hybridized carbons (Fsp3) is 0.419. The van der Waals surface area contributed by atoms with Crippen molar-refractivity contribution in [1.29, 1.82) is 10.5 Å². The topological polar surface area (TPSA) is 144 Å². The van der Waals surface area contributed by atoms with E-state index in [1.807, 2.05) is 29.1 Å². The van der Waals surface area contributed by atoms with E-state index >= 15 is 0 Å². The summed E-state index contributed by atoms with van der Waals surface area (Å²) in [6.45, 7) is 10.6. The summed E-state index contributed by atoms with van der Waals surface area (Å²) in [5.41, 5.74) is 3.76. The van der Waals surface area contributed by atoms with Gasteiger partial charge < -0.3 is 16.0 Å². The van der Waals surface area contributed by atoms with Crippen LogP contribution in [0.15, 0.2) is 48.5 Å². The van der Waals surface area contributed by atoms with Crippen molar-refractivity contribution in [3.63, 3.8) is 0 Å². The van der Waals surface area contributed by atoms with Gasteiger partial charge in [-0.25, -0.2) is 4.68 Å². The number of benzene rings is 1. The Labute approximate surface area is 240 Å². The monoisotopic (exact) mass is 549 g/mol. The van der Waals surface area contributed by atoms with Crippen LogP contribution < -0.4 is 16.0 Å². The minimum atomic E-state index is -0.487. The Bertz CT molecular complexity index is 1640. The number of nitriles is 2. The van der Waals surface area contributed by atoms with Gasteiger partial charge in [-0.1, -0.05) is 45.1 Å². The predicted octanol–water partition coefficient (Wildman–Crippen LogP) is 5.50. The summed E-state index contributed by atoms with van der Waals surface area (Å²) in [6.07, 6.45) is 12.2.